The van der Waals surface area contributed by atoms with E-state index >= 15 is 0 Å². The Morgan fingerprint density at radius 1 is 0.968 bits per heavy atom. The van der Waals surface area contributed by atoms with Gasteiger partial charge in [0.1, 0.15) is 6.04 Å². The second-order valence-corrected chi connectivity index (χ2v) is 7.78. The van der Waals surface area contributed by atoms with Crippen LogP contribution >= 0.6 is 0 Å². The van der Waals surface area contributed by atoms with Gasteiger partial charge in [0.05, 0.1) is 13.2 Å². The molecular weight excluding hydrogens is 392 g/mol. The Bertz CT molecular complexity index is 834. The maximum absolute atomic E-state index is 13.1. The number of hydrogen-bond donors (Lipinski definition) is 2. The van der Waals surface area contributed by atoms with Crippen LogP contribution in [0.15, 0.2) is 54.6 Å². The molecule has 0 bridgehead atoms. The van der Waals surface area contributed by atoms with E-state index in [2.05, 4.69) is 15.5 Å². The Balaban J connectivity index is 1.65. The van der Waals surface area contributed by atoms with Crippen molar-refractivity contribution < 1.29 is 14.3 Å². The molecule has 1 aliphatic rings. The van der Waals surface area contributed by atoms with E-state index in [1.807, 2.05) is 61.5 Å². The minimum absolute atomic E-state index is 0.0909. The summed E-state index contributed by atoms with van der Waals surface area (Å²) in [4.78, 5) is 29.9. The van der Waals surface area contributed by atoms with Crippen LogP contribution in [0.5, 0.6) is 0 Å². The molecule has 166 valence electrons. The summed E-state index contributed by atoms with van der Waals surface area (Å²) in [6, 6.07) is 16.7. The number of ether oxygens (including phenoxy) is 1. The first-order chi connectivity index (χ1) is 15.1. The lowest BCUT2D eigenvalue weighted by atomic mass is 10.0. The molecule has 7 heteroatoms. The highest BCUT2D eigenvalue weighted by Gasteiger charge is 2.28. The molecule has 0 saturated carbocycles. The molecule has 1 heterocycles. The van der Waals surface area contributed by atoms with Gasteiger partial charge < -0.3 is 25.2 Å². The first-order valence-electron chi connectivity index (χ1n) is 10.7. The van der Waals surface area contributed by atoms with Crippen LogP contribution in [0.3, 0.4) is 0 Å². The second kappa shape index (κ2) is 11.6. The van der Waals surface area contributed by atoms with Crippen LogP contribution in [-0.2, 0) is 9.53 Å². The quantitative estimate of drug-likeness (QED) is 0.597. The third kappa shape index (κ3) is 6.62. The molecular formula is C24H32N4O3. The molecule has 0 aliphatic carbocycles. The van der Waals surface area contributed by atoms with Gasteiger partial charge in [0.2, 0.25) is 5.91 Å². The van der Waals surface area contributed by atoms with Crippen molar-refractivity contribution in [3.63, 3.8) is 0 Å². The fraction of sp³-hybridized carbons (Fsp3) is 0.417. The van der Waals surface area contributed by atoms with E-state index < -0.39 is 6.04 Å². The average molecular weight is 425 g/mol. The molecule has 31 heavy (non-hydrogen) atoms. The van der Waals surface area contributed by atoms with E-state index in [0.29, 0.717) is 31.8 Å². The van der Waals surface area contributed by atoms with Crippen molar-refractivity contribution in [3.05, 3.63) is 60.2 Å². The molecule has 1 aliphatic heterocycles. The maximum Gasteiger partial charge on any atom is 0.251 e. The average Bonchev–Trinajstić information content (AvgIpc) is 2.81. The number of likely N-dealkylation sites (N-methyl/N-ethyl adjacent to an activating group) is 2. The fourth-order valence-corrected chi connectivity index (χ4v) is 3.48. The van der Waals surface area contributed by atoms with E-state index in [9.17, 15) is 9.59 Å². The molecule has 0 spiro atoms. The van der Waals surface area contributed by atoms with Gasteiger partial charge in [-0.25, -0.2) is 0 Å². The SMILES string of the molecule is CNCCOC[C@H](NC(=O)c1ccc(-c2ccccc2)cc1)C(=O)N1CCN(C)CC1. The Hall–Kier alpha value is -2.74. The topological polar surface area (TPSA) is 73.9 Å². The fourth-order valence-electron chi connectivity index (χ4n) is 3.48. The van der Waals surface area contributed by atoms with Crippen molar-refractivity contribution in [2.75, 3.05) is 60.0 Å². The first-order valence-corrected chi connectivity index (χ1v) is 10.7. The summed E-state index contributed by atoms with van der Waals surface area (Å²) >= 11 is 0. The Morgan fingerprint density at radius 2 is 1.61 bits per heavy atom. The molecule has 1 atom stereocenters. The van der Waals surface area contributed by atoms with Gasteiger partial charge in [-0.1, -0.05) is 42.5 Å². The summed E-state index contributed by atoms with van der Waals surface area (Å²) in [6.07, 6.45) is 0. The molecule has 1 saturated heterocycles. The Morgan fingerprint density at radius 3 is 2.26 bits per heavy atom. The number of hydrogen-bond acceptors (Lipinski definition) is 5. The number of nitrogens with one attached hydrogen (secondary N) is 2. The number of amides is 2. The van der Waals surface area contributed by atoms with E-state index in [4.69, 9.17) is 4.74 Å². The number of piperazine rings is 1. The molecule has 2 amide bonds. The summed E-state index contributed by atoms with van der Waals surface area (Å²) in [7, 11) is 3.89. The predicted octanol–water partition coefficient (Wildman–Crippen LogP) is 1.46. The molecule has 0 radical (unpaired) electrons. The highest BCUT2D eigenvalue weighted by atomic mass is 16.5. The van der Waals surface area contributed by atoms with E-state index in [-0.39, 0.29) is 18.4 Å². The number of benzene rings is 2. The second-order valence-electron chi connectivity index (χ2n) is 7.78. The van der Waals surface area contributed by atoms with Gasteiger partial charge in [-0.3, -0.25) is 9.59 Å². The minimum atomic E-state index is -0.707. The van der Waals surface area contributed by atoms with Gasteiger partial charge in [-0.2, -0.15) is 0 Å². The van der Waals surface area contributed by atoms with Crippen LogP contribution in [0.2, 0.25) is 0 Å². The highest BCUT2D eigenvalue weighted by Crippen LogP contribution is 2.19. The summed E-state index contributed by atoms with van der Waals surface area (Å²) in [6.45, 7) is 4.28. The van der Waals surface area contributed by atoms with Crippen LogP contribution in [0.25, 0.3) is 11.1 Å². The molecule has 0 unspecified atom stereocenters. The van der Waals surface area contributed by atoms with Crippen molar-refractivity contribution >= 4 is 11.8 Å². The molecule has 2 aromatic rings. The van der Waals surface area contributed by atoms with Crippen LogP contribution in [0, 0.1) is 0 Å². The third-order valence-electron chi connectivity index (χ3n) is 5.45. The van der Waals surface area contributed by atoms with Crippen molar-refractivity contribution in [3.8, 4) is 11.1 Å². The lowest BCUT2D eigenvalue weighted by molar-refractivity contribution is -0.136. The zero-order chi connectivity index (χ0) is 22.1. The lowest BCUT2D eigenvalue weighted by Crippen LogP contribution is -2.55. The summed E-state index contributed by atoms with van der Waals surface area (Å²) < 4.78 is 5.65. The standard InChI is InChI=1S/C24H32N4O3/c1-25-12-17-31-18-22(24(30)28-15-13-27(2)14-16-28)26-23(29)21-10-8-20(9-11-21)19-6-4-3-5-7-19/h3-11,22,25H,12-18H2,1-2H3,(H,26,29)/t22-/m0/s1. The largest absolute Gasteiger partial charge is 0.377 e. The number of nitrogens with zero attached hydrogens (tertiary/aromatic N) is 2. The van der Waals surface area contributed by atoms with Gasteiger partial charge >= 0.3 is 0 Å². The summed E-state index contributed by atoms with van der Waals surface area (Å²) in [5.74, 6) is -0.365. The number of carbonyl (C=O) groups is 2. The lowest BCUT2D eigenvalue weighted by Gasteiger charge is -2.34. The van der Waals surface area contributed by atoms with E-state index in [1.165, 1.54) is 0 Å². The normalized spacial score (nSPS) is 15.5. The molecule has 2 N–H and O–H groups in total. The van der Waals surface area contributed by atoms with Crippen LogP contribution in [-0.4, -0.2) is 87.7 Å². The van der Waals surface area contributed by atoms with Crippen LogP contribution < -0.4 is 10.6 Å². The van der Waals surface area contributed by atoms with Gasteiger partial charge in [0.15, 0.2) is 0 Å². The van der Waals surface area contributed by atoms with Crippen LogP contribution in [0.1, 0.15) is 10.4 Å². The predicted molar refractivity (Wildman–Crippen MR) is 122 cm³/mol. The summed E-state index contributed by atoms with van der Waals surface area (Å²) in [5.41, 5.74) is 2.65. The van der Waals surface area contributed by atoms with Crippen molar-refractivity contribution in [1.82, 2.24) is 20.4 Å². The smallest absolute Gasteiger partial charge is 0.251 e. The first kappa shape index (κ1) is 22.9. The molecule has 7 nitrogen and oxygen atoms in total. The maximum atomic E-state index is 13.1. The molecule has 1 fully saturated rings. The minimum Gasteiger partial charge on any atom is -0.377 e. The van der Waals surface area contributed by atoms with Gasteiger partial charge in [0.25, 0.3) is 5.91 Å². The molecule has 3 rings (SSSR count). The Labute approximate surface area is 184 Å². The number of rotatable bonds is 9. The highest BCUT2D eigenvalue weighted by molar-refractivity contribution is 5.98. The van der Waals surface area contributed by atoms with Gasteiger partial charge in [-0.15, -0.1) is 0 Å². The third-order valence-corrected chi connectivity index (χ3v) is 5.45. The summed E-state index contributed by atoms with van der Waals surface area (Å²) in [5, 5.41) is 5.90. The zero-order valence-electron chi connectivity index (χ0n) is 18.3. The van der Waals surface area contributed by atoms with E-state index in [0.717, 1.165) is 24.2 Å². The molecule has 2 aromatic carbocycles. The Kier molecular flexibility index (Phi) is 8.58. The van der Waals surface area contributed by atoms with Crippen LogP contribution in [0.4, 0.5) is 0 Å². The van der Waals surface area contributed by atoms with E-state index in [1.54, 1.807) is 12.1 Å². The monoisotopic (exact) mass is 424 g/mol. The van der Waals surface area contributed by atoms with Crippen molar-refractivity contribution in [2.45, 2.75) is 6.04 Å². The zero-order valence-corrected chi connectivity index (χ0v) is 18.3. The number of carbonyl (C=O) groups excluding carboxylic acids is 2. The van der Waals surface area contributed by atoms with Crippen molar-refractivity contribution in [1.29, 1.82) is 0 Å². The van der Waals surface area contributed by atoms with Crippen molar-refractivity contribution in [2.24, 2.45) is 0 Å². The molecule has 0 aromatic heterocycles. The van der Waals surface area contributed by atoms with Gasteiger partial charge in [-0.05, 0) is 37.4 Å². The van der Waals surface area contributed by atoms with Gasteiger partial charge in [0, 0.05) is 38.3 Å².